The first-order valence-corrected chi connectivity index (χ1v) is 9.72. The van der Waals surface area contributed by atoms with Crippen molar-refractivity contribution in [1.29, 1.82) is 0 Å². The van der Waals surface area contributed by atoms with E-state index in [1.807, 2.05) is 13.0 Å². The topological polar surface area (TPSA) is 83.0 Å². The number of nitrogens with zero attached hydrogens (tertiary/aromatic N) is 1. The number of aliphatic carboxylic acids is 1. The molecule has 1 aromatic carbocycles. The van der Waals surface area contributed by atoms with Crippen LogP contribution in [0.4, 0.5) is 0 Å². The Bertz CT molecular complexity index is 720. The van der Waals surface area contributed by atoms with Crippen LogP contribution in [0.5, 0.6) is 5.75 Å². The molecule has 3 N–H and O–H groups in total. The molecule has 6 nitrogen and oxygen atoms in total. The van der Waals surface area contributed by atoms with Gasteiger partial charge in [-0.15, -0.1) is 0 Å². The van der Waals surface area contributed by atoms with Crippen molar-refractivity contribution in [1.82, 2.24) is 10.7 Å². The van der Waals surface area contributed by atoms with Crippen LogP contribution in [0.15, 0.2) is 23.3 Å². The minimum Gasteiger partial charge on any atom is -0.496 e. The molecule has 0 amide bonds. The van der Waals surface area contributed by atoms with Crippen LogP contribution in [0.2, 0.25) is 0 Å². The van der Waals surface area contributed by atoms with E-state index < -0.39 is 5.97 Å². The summed E-state index contributed by atoms with van der Waals surface area (Å²) in [4.78, 5) is 11.0. The van der Waals surface area contributed by atoms with E-state index in [-0.39, 0.29) is 6.42 Å². The zero-order valence-corrected chi connectivity index (χ0v) is 17.2. The number of nitrogens with one attached hydrogen (secondary N) is 2. The number of carbonyl (C=O) groups is 1. The van der Waals surface area contributed by atoms with Crippen LogP contribution in [0.3, 0.4) is 0 Å². The smallest absolute Gasteiger partial charge is 0.307 e. The highest BCUT2D eigenvalue weighted by Crippen LogP contribution is 2.29. The average Bonchev–Trinajstić information content (AvgIpc) is 2.63. The molecule has 0 aromatic heterocycles. The predicted molar refractivity (Wildman–Crippen MR) is 111 cm³/mol. The summed E-state index contributed by atoms with van der Waals surface area (Å²) < 4.78 is 5.23. The number of rotatable bonds is 6. The molecule has 3 atom stereocenters. The van der Waals surface area contributed by atoms with Crippen LogP contribution in [-0.4, -0.2) is 35.1 Å². The van der Waals surface area contributed by atoms with Crippen LogP contribution in [0.1, 0.15) is 51.2 Å². The quantitative estimate of drug-likeness (QED) is 0.392. The molecular formula is C20H29N3O3S. The molecule has 0 saturated heterocycles. The van der Waals surface area contributed by atoms with Crippen molar-refractivity contribution in [2.24, 2.45) is 16.9 Å². The van der Waals surface area contributed by atoms with Gasteiger partial charge < -0.3 is 15.2 Å². The van der Waals surface area contributed by atoms with E-state index in [2.05, 4.69) is 29.7 Å². The Balaban J connectivity index is 2.02. The van der Waals surface area contributed by atoms with Crippen LogP contribution in [0, 0.1) is 11.8 Å². The Hall–Kier alpha value is -2.15. The normalized spacial score (nSPS) is 22.8. The zero-order valence-electron chi connectivity index (χ0n) is 16.4. The van der Waals surface area contributed by atoms with Crippen molar-refractivity contribution in [3.05, 3.63) is 29.3 Å². The van der Waals surface area contributed by atoms with Crippen molar-refractivity contribution in [3.63, 3.8) is 0 Å². The second-order valence-electron chi connectivity index (χ2n) is 7.25. The van der Waals surface area contributed by atoms with E-state index >= 15 is 0 Å². The van der Waals surface area contributed by atoms with E-state index in [0.717, 1.165) is 17.7 Å². The lowest BCUT2D eigenvalue weighted by Crippen LogP contribution is -2.46. The first-order chi connectivity index (χ1) is 12.8. The molecular weight excluding hydrogens is 362 g/mol. The summed E-state index contributed by atoms with van der Waals surface area (Å²) in [7, 11) is 1.53. The molecule has 0 aliphatic heterocycles. The highest BCUT2D eigenvalue weighted by molar-refractivity contribution is 7.80. The lowest BCUT2D eigenvalue weighted by Gasteiger charge is -2.35. The van der Waals surface area contributed by atoms with Crippen molar-refractivity contribution >= 4 is 29.0 Å². The fraction of sp³-hybridized carbons (Fsp3) is 0.550. The summed E-state index contributed by atoms with van der Waals surface area (Å²) in [5.74, 6) is 0.916. The molecule has 2 rings (SSSR count). The molecule has 1 aromatic rings. The molecule has 7 heteroatoms. The van der Waals surface area contributed by atoms with Gasteiger partial charge in [0.15, 0.2) is 5.11 Å². The van der Waals surface area contributed by atoms with Gasteiger partial charge in [-0.05, 0) is 61.2 Å². The van der Waals surface area contributed by atoms with Crippen LogP contribution in [-0.2, 0) is 11.2 Å². The number of methoxy groups -OCH3 is 1. The molecule has 1 aliphatic carbocycles. The van der Waals surface area contributed by atoms with Gasteiger partial charge in [-0.25, -0.2) is 0 Å². The SMILES string of the molecule is COc1ccc(/C(C)=N\NC(=S)N[C@@H]2CCC[C@@H](C)[C@H]2C)cc1CC(=O)O. The zero-order chi connectivity index (χ0) is 20.0. The van der Waals surface area contributed by atoms with E-state index in [0.29, 0.717) is 34.3 Å². The Morgan fingerprint density at radius 3 is 2.78 bits per heavy atom. The summed E-state index contributed by atoms with van der Waals surface area (Å²) in [5, 5.41) is 17.3. The second kappa shape index (κ2) is 9.69. The maximum absolute atomic E-state index is 11.0. The standard InChI is InChI=1S/C20H29N3O3S/c1-12-6-5-7-17(13(12)2)21-20(27)23-22-14(3)15-8-9-18(26-4)16(10-15)11-19(24)25/h8-10,12-13,17H,5-7,11H2,1-4H3,(H,24,25)(H2,21,23,27)/b22-14-/t12-,13-,17-/m1/s1. The summed E-state index contributed by atoms with van der Waals surface area (Å²) >= 11 is 5.39. The van der Waals surface area contributed by atoms with Gasteiger partial charge in [0.05, 0.1) is 19.2 Å². The Kier molecular flexibility index (Phi) is 7.59. The number of hydrazone groups is 1. The Morgan fingerprint density at radius 1 is 1.37 bits per heavy atom. The van der Waals surface area contributed by atoms with Crippen molar-refractivity contribution < 1.29 is 14.6 Å². The lowest BCUT2D eigenvalue weighted by atomic mass is 9.78. The van der Waals surface area contributed by atoms with Crippen LogP contribution in [0.25, 0.3) is 0 Å². The first kappa shape index (κ1) is 21.2. The number of hydrogen-bond acceptors (Lipinski definition) is 4. The number of hydrogen-bond donors (Lipinski definition) is 3. The molecule has 0 unspecified atom stereocenters. The highest BCUT2D eigenvalue weighted by Gasteiger charge is 2.27. The van der Waals surface area contributed by atoms with Crippen molar-refractivity contribution in [2.45, 2.75) is 52.5 Å². The van der Waals surface area contributed by atoms with Gasteiger partial charge in [-0.1, -0.05) is 26.7 Å². The number of ether oxygens (including phenoxy) is 1. The average molecular weight is 392 g/mol. The third-order valence-corrected chi connectivity index (χ3v) is 5.60. The minimum absolute atomic E-state index is 0.102. The molecule has 1 saturated carbocycles. The Morgan fingerprint density at radius 2 is 2.11 bits per heavy atom. The summed E-state index contributed by atoms with van der Waals surface area (Å²) in [6.07, 6.45) is 3.50. The van der Waals surface area contributed by atoms with Gasteiger partial charge in [0, 0.05) is 11.6 Å². The third-order valence-electron chi connectivity index (χ3n) is 5.39. The molecule has 0 heterocycles. The third kappa shape index (κ3) is 5.92. The number of carboxylic acids is 1. The maximum Gasteiger partial charge on any atom is 0.307 e. The molecule has 1 fully saturated rings. The van der Waals surface area contributed by atoms with E-state index in [4.69, 9.17) is 22.1 Å². The van der Waals surface area contributed by atoms with E-state index in [1.165, 1.54) is 20.0 Å². The van der Waals surface area contributed by atoms with Gasteiger partial charge >= 0.3 is 5.97 Å². The second-order valence-corrected chi connectivity index (χ2v) is 7.66. The van der Waals surface area contributed by atoms with E-state index in [1.54, 1.807) is 12.1 Å². The largest absolute Gasteiger partial charge is 0.496 e. The fourth-order valence-electron chi connectivity index (χ4n) is 3.49. The van der Waals surface area contributed by atoms with Gasteiger partial charge in [0.2, 0.25) is 0 Å². The van der Waals surface area contributed by atoms with E-state index in [9.17, 15) is 4.79 Å². The summed E-state index contributed by atoms with van der Waals surface area (Å²) in [6, 6.07) is 5.77. The summed E-state index contributed by atoms with van der Waals surface area (Å²) in [6.45, 7) is 6.41. The highest BCUT2D eigenvalue weighted by atomic mass is 32.1. The molecule has 0 bridgehead atoms. The number of benzene rings is 1. The monoisotopic (exact) mass is 391 g/mol. The van der Waals surface area contributed by atoms with Crippen LogP contribution >= 0.6 is 12.2 Å². The van der Waals surface area contributed by atoms with Crippen LogP contribution < -0.4 is 15.5 Å². The molecule has 27 heavy (non-hydrogen) atoms. The minimum atomic E-state index is -0.903. The number of thiocarbonyl (C=S) groups is 1. The Labute approximate surface area is 166 Å². The van der Waals surface area contributed by atoms with Crippen molar-refractivity contribution in [2.75, 3.05) is 7.11 Å². The van der Waals surface area contributed by atoms with Gasteiger partial charge in [0.25, 0.3) is 0 Å². The first-order valence-electron chi connectivity index (χ1n) is 9.31. The molecule has 0 spiro atoms. The fourth-order valence-corrected chi connectivity index (χ4v) is 3.69. The van der Waals surface area contributed by atoms with Gasteiger partial charge in [0.1, 0.15) is 5.75 Å². The van der Waals surface area contributed by atoms with Crippen molar-refractivity contribution in [3.8, 4) is 5.75 Å². The molecule has 1 aliphatic rings. The van der Waals surface area contributed by atoms with Gasteiger partial charge in [-0.3, -0.25) is 10.2 Å². The maximum atomic E-state index is 11.0. The molecule has 0 radical (unpaired) electrons. The lowest BCUT2D eigenvalue weighted by molar-refractivity contribution is -0.136. The number of carboxylic acid groups (broad SMARTS) is 1. The predicted octanol–water partition coefficient (Wildman–Crippen LogP) is 3.34. The molecule has 148 valence electrons. The summed E-state index contributed by atoms with van der Waals surface area (Å²) in [5.41, 5.74) is 5.07. The van der Waals surface area contributed by atoms with Gasteiger partial charge in [-0.2, -0.15) is 5.10 Å².